The molecular weight excluding hydrogens is 278 g/mol. The summed E-state index contributed by atoms with van der Waals surface area (Å²) in [6.45, 7) is 0.604. The van der Waals surface area contributed by atoms with Crippen LogP contribution in [-0.4, -0.2) is 24.9 Å². The van der Waals surface area contributed by atoms with E-state index in [4.69, 9.17) is 10.9 Å². The van der Waals surface area contributed by atoms with E-state index in [0.29, 0.717) is 17.9 Å². The number of nitrogens with two attached hydrogens (primary N) is 2. The Balaban J connectivity index is 1.99. The summed E-state index contributed by atoms with van der Waals surface area (Å²) in [7, 11) is -3.80. The first kappa shape index (κ1) is 14.4. The number of imidazole rings is 1. The molecule has 0 atom stereocenters. The van der Waals surface area contributed by atoms with E-state index in [9.17, 15) is 8.42 Å². The Morgan fingerprint density at radius 1 is 1.35 bits per heavy atom. The van der Waals surface area contributed by atoms with Crippen LogP contribution in [-0.2, 0) is 16.4 Å². The molecule has 0 aliphatic heterocycles. The molecule has 7 nitrogen and oxygen atoms in total. The number of anilines is 2. The number of aromatic nitrogens is 2. The Kier molecular flexibility index (Phi) is 4.26. The third kappa shape index (κ3) is 3.72. The third-order valence-electron chi connectivity index (χ3n) is 2.77. The summed E-state index contributed by atoms with van der Waals surface area (Å²) < 4.78 is 23.0. The molecule has 0 fully saturated rings. The summed E-state index contributed by atoms with van der Waals surface area (Å²) in [5, 5.41) is 8.22. The van der Waals surface area contributed by atoms with E-state index < -0.39 is 10.0 Å². The van der Waals surface area contributed by atoms with E-state index in [-0.39, 0.29) is 4.90 Å². The van der Waals surface area contributed by atoms with Crippen LogP contribution in [0.25, 0.3) is 0 Å². The molecule has 6 N–H and O–H groups in total. The summed E-state index contributed by atoms with van der Waals surface area (Å²) in [4.78, 5) is 7.13. The minimum Gasteiger partial charge on any atom is -0.399 e. The zero-order chi connectivity index (χ0) is 14.6. The second-order valence-electron chi connectivity index (χ2n) is 4.37. The first-order valence-corrected chi connectivity index (χ1v) is 7.66. The lowest BCUT2D eigenvalue weighted by atomic mass is 10.2. The van der Waals surface area contributed by atoms with Crippen LogP contribution in [0.3, 0.4) is 0 Å². The standard InChI is InChI=1S/C12H17N5O2S/c13-9-3-4-10(11(8-9)20(14,18)19)15-5-1-2-12-16-6-7-17-12/h3-4,6-8,15H,1-2,5,13H2,(H,16,17)(H2,14,18,19). The van der Waals surface area contributed by atoms with Gasteiger partial charge in [0, 0.05) is 31.0 Å². The fourth-order valence-electron chi connectivity index (χ4n) is 1.83. The predicted octanol–water partition coefficient (Wildman–Crippen LogP) is 0.684. The van der Waals surface area contributed by atoms with E-state index in [0.717, 1.165) is 18.7 Å². The van der Waals surface area contributed by atoms with Crippen molar-refractivity contribution in [2.24, 2.45) is 5.14 Å². The van der Waals surface area contributed by atoms with Gasteiger partial charge in [0.25, 0.3) is 0 Å². The second kappa shape index (κ2) is 5.93. The van der Waals surface area contributed by atoms with Gasteiger partial charge in [0.05, 0.1) is 5.69 Å². The second-order valence-corrected chi connectivity index (χ2v) is 5.90. The number of rotatable bonds is 6. The number of nitrogens with one attached hydrogen (secondary N) is 2. The summed E-state index contributed by atoms with van der Waals surface area (Å²) in [6.07, 6.45) is 5.05. The van der Waals surface area contributed by atoms with Gasteiger partial charge in [0.15, 0.2) is 0 Å². The van der Waals surface area contributed by atoms with E-state index in [1.165, 1.54) is 6.07 Å². The SMILES string of the molecule is Nc1ccc(NCCCc2ncc[nH]2)c(S(N)(=O)=O)c1. The van der Waals surface area contributed by atoms with Gasteiger partial charge in [-0.1, -0.05) is 0 Å². The molecule has 2 aromatic rings. The Hall–Kier alpha value is -2.06. The Morgan fingerprint density at radius 2 is 2.15 bits per heavy atom. The van der Waals surface area contributed by atoms with Gasteiger partial charge in [-0.15, -0.1) is 0 Å². The van der Waals surface area contributed by atoms with Crippen LogP contribution >= 0.6 is 0 Å². The molecule has 1 aromatic carbocycles. The highest BCUT2D eigenvalue weighted by atomic mass is 32.2. The molecule has 0 aliphatic rings. The molecule has 0 saturated carbocycles. The van der Waals surface area contributed by atoms with E-state index >= 15 is 0 Å². The van der Waals surface area contributed by atoms with Crippen molar-refractivity contribution in [3.8, 4) is 0 Å². The quantitative estimate of drug-likeness (QED) is 0.460. The molecule has 0 unspecified atom stereocenters. The van der Waals surface area contributed by atoms with Crippen LogP contribution < -0.4 is 16.2 Å². The van der Waals surface area contributed by atoms with Crippen molar-refractivity contribution >= 4 is 21.4 Å². The van der Waals surface area contributed by atoms with Crippen molar-refractivity contribution in [3.63, 3.8) is 0 Å². The van der Waals surface area contributed by atoms with Gasteiger partial charge in [-0.25, -0.2) is 18.5 Å². The molecule has 8 heteroatoms. The topological polar surface area (TPSA) is 127 Å². The summed E-state index contributed by atoms with van der Waals surface area (Å²) in [6, 6.07) is 4.59. The van der Waals surface area contributed by atoms with Crippen LogP contribution in [0.15, 0.2) is 35.5 Å². The van der Waals surface area contributed by atoms with E-state index in [1.54, 1.807) is 24.5 Å². The molecule has 20 heavy (non-hydrogen) atoms. The number of aryl methyl sites for hydroxylation is 1. The molecule has 0 radical (unpaired) electrons. The molecule has 0 amide bonds. The normalized spacial score (nSPS) is 11.4. The Morgan fingerprint density at radius 3 is 2.80 bits per heavy atom. The fourth-order valence-corrected chi connectivity index (χ4v) is 2.58. The van der Waals surface area contributed by atoms with Gasteiger partial charge in [-0.2, -0.15) is 0 Å². The minimum atomic E-state index is -3.80. The highest BCUT2D eigenvalue weighted by molar-refractivity contribution is 7.89. The van der Waals surface area contributed by atoms with Gasteiger partial charge < -0.3 is 16.0 Å². The van der Waals surface area contributed by atoms with Crippen molar-refractivity contribution in [3.05, 3.63) is 36.4 Å². The largest absolute Gasteiger partial charge is 0.399 e. The van der Waals surface area contributed by atoms with Crippen LogP contribution in [0.4, 0.5) is 11.4 Å². The van der Waals surface area contributed by atoms with Crippen molar-refractivity contribution in [2.45, 2.75) is 17.7 Å². The van der Waals surface area contributed by atoms with Crippen molar-refractivity contribution in [2.75, 3.05) is 17.6 Å². The van der Waals surface area contributed by atoms with E-state index in [2.05, 4.69) is 15.3 Å². The first-order valence-electron chi connectivity index (χ1n) is 6.11. The molecule has 1 heterocycles. The summed E-state index contributed by atoms with van der Waals surface area (Å²) >= 11 is 0. The van der Waals surface area contributed by atoms with Crippen molar-refractivity contribution < 1.29 is 8.42 Å². The molecule has 0 bridgehead atoms. The van der Waals surface area contributed by atoms with Crippen LogP contribution in [0.1, 0.15) is 12.2 Å². The molecule has 0 spiro atoms. The highest BCUT2D eigenvalue weighted by Gasteiger charge is 2.14. The number of nitrogens with zero attached hydrogens (tertiary/aromatic N) is 1. The zero-order valence-electron chi connectivity index (χ0n) is 10.8. The number of primary sulfonamides is 1. The molecule has 0 aliphatic carbocycles. The predicted molar refractivity (Wildman–Crippen MR) is 77.6 cm³/mol. The number of benzene rings is 1. The van der Waals surface area contributed by atoms with Gasteiger partial charge >= 0.3 is 0 Å². The van der Waals surface area contributed by atoms with E-state index in [1.807, 2.05) is 0 Å². The van der Waals surface area contributed by atoms with Crippen LogP contribution in [0.5, 0.6) is 0 Å². The smallest absolute Gasteiger partial charge is 0.240 e. The van der Waals surface area contributed by atoms with Crippen molar-refractivity contribution in [1.29, 1.82) is 0 Å². The maximum absolute atomic E-state index is 11.5. The minimum absolute atomic E-state index is 0.00972. The summed E-state index contributed by atoms with van der Waals surface area (Å²) in [5.41, 5.74) is 6.40. The molecule has 2 rings (SSSR count). The highest BCUT2D eigenvalue weighted by Crippen LogP contribution is 2.22. The average molecular weight is 295 g/mol. The van der Waals surface area contributed by atoms with Gasteiger partial charge in [0.2, 0.25) is 10.0 Å². The fraction of sp³-hybridized carbons (Fsp3) is 0.250. The number of hydrogen-bond acceptors (Lipinski definition) is 5. The maximum Gasteiger partial charge on any atom is 0.240 e. The van der Waals surface area contributed by atoms with Crippen LogP contribution in [0, 0.1) is 0 Å². The first-order chi connectivity index (χ1) is 9.47. The molecule has 1 aromatic heterocycles. The average Bonchev–Trinajstić information content (AvgIpc) is 2.88. The molecule has 108 valence electrons. The zero-order valence-corrected chi connectivity index (χ0v) is 11.7. The number of nitrogen functional groups attached to an aromatic ring is 1. The number of sulfonamides is 1. The molecular formula is C12H17N5O2S. The number of H-pyrrole nitrogens is 1. The summed E-state index contributed by atoms with van der Waals surface area (Å²) in [5.74, 6) is 0.899. The monoisotopic (exact) mass is 295 g/mol. The van der Waals surface area contributed by atoms with Gasteiger partial charge in [-0.05, 0) is 24.6 Å². The maximum atomic E-state index is 11.5. The third-order valence-corrected chi connectivity index (χ3v) is 3.72. The number of aromatic amines is 1. The van der Waals surface area contributed by atoms with Crippen molar-refractivity contribution in [1.82, 2.24) is 9.97 Å². The Bertz CT molecular complexity index is 667. The molecule has 0 saturated heterocycles. The lowest BCUT2D eigenvalue weighted by Gasteiger charge is -2.11. The lowest BCUT2D eigenvalue weighted by Crippen LogP contribution is -2.16. The van der Waals surface area contributed by atoms with Gasteiger partial charge in [0.1, 0.15) is 10.7 Å². The lowest BCUT2D eigenvalue weighted by molar-refractivity contribution is 0.598. The Labute approximate surface area is 117 Å². The van der Waals surface area contributed by atoms with Crippen LogP contribution in [0.2, 0.25) is 0 Å². The van der Waals surface area contributed by atoms with Gasteiger partial charge in [-0.3, -0.25) is 0 Å². The number of hydrogen-bond donors (Lipinski definition) is 4.